The lowest BCUT2D eigenvalue weighted by molar-refractivity contribution is 0.0944. The fourth-order valence-corrected chi connectivity index (χ4v) is 3.41. The van der Waals surface area contributed by atoms with Crippen LogP contribution in [0.1, 0.15) is 29.8 Å². The van der Waals surface area contributed by atoms with E-state index in [0.717, 1.165) is 18.7 Å². The van der Waals surface area contributed by atoms with Gasteiger partial charge in [0.15, 0.2) is 11.0 Å². The zero-order valence-electron chi connectivity index (χ0n) is 17.9. The van der Waals surface area contributed by atoms with E-state index in [2.05, 4.69) is 24.1 Å². The maximum absolute atomic E-state index is 13.0. The molecule has 3 aromatic rings. The van der Waals surface area contributed by atoms with E-state index in [-0.39, 0.29) is 16.9 Å². The van der Waals surface area contributed by atoms with Gasteiger partial charge in [-0.25, -0.2) is 5.32 Å². The Bertz CT molecular complexity index is 1080. The molecule has 0 aliphatic rings. The molecule has 2 aromatic carbocycles. The van der Waals surface area contributed by atoms with E-state index in [1.54, 1.807) is 44.4 Å². The summed E-state index contributed by atoms with van der Waals surface area (Å²) in [4.78, 5) is 27.9. The van der Waals surface area contributed by atoms with E-state index < -0.39 is 0 Å². The van der Waals surface area contributed by atoms with Crippen LogP contribution >= 0.6 is 0 Å². The number of carbonyl (C=O) groups is 1. The smallest absolute Gasteiger partial charge is 0.276 e. The number of amides is 1. The summed E-state index contributed by atoms with van der Waals surface area (Å²) in [6.45, 7) is 8.82. The molecule has 1 heterocycles. The molecule has 0 saturated heterocycles. The van der Waals surface area contributed by atoms with Crippen molar-refractivity contribution in [3.8, 4) is 17.1 Å². The van der Waals surface area contributed by atoms with E-state index in [4.69, 9.17) is 9.15 Å². The minimum absolute atomic E-state index is 0.153. The lowest BCUT2D eigenvalue weighted by atomic mass is 10.0. The van der Waals surface area contributed by atoms with Gasteiger partial charge in [-0.05, 0) is 56.4 Å². The monoisotopic (exact) mass is 407 g/mol. The van der Waals surface area contributed by atoms with Crippen molar-refractivity contribution in [3.63, 3.8) is 0 Å². The van der Waals surface area contributed by atoms with Crippen molar-refractivity contribution in [2.24, 2.45) is 0 Å². The molecule has 6 nitrogen and oxygen atoms in total. The van der Waals surface area contributed by atoms with E-state index in [1.165, 1.54) is 0 Å². The molecule has 0 aliphatic carbocycles. The summed E-state index contributed by atoms with van der Waals surface area (Å²) in [6.07, 6.45) is 0. The number of rotatable bonds is 8. The Morgan fingerprint density at radius 1 is 1.10 bits per heavy atom. The van der Waals surface area contributed by atoms with Crippen LogP contribution in [0.5, 0.6) is 5.75 Å². The lowest BCUT2D eigenvalue weighted by Crippen LogP contribution is -2.31. The number of fused-ring (bicyclic) bond motifs is 1. The third-order valence-corrected chi connectivity index (χ3v) is 5.29. The van der Waals surface area contributed by atoms with Gasteiger partial charge in [0.2, 0.25) is 0 Å². The standard InChI is InChI=1S/C24H27N2O4/c1-5-26(6-2)15-14-25-24(28)20-9-7-8-19-21(27)16(3)22(30-23(19)20)17-10-12-18(29-4)13-11-17/h7-13H,5-6,14-15H2,1-4H3. The van der Waals surface area contributed by atoms with Crippen LogP contribution in [0.3, 0.4) is 0 Å². The van der Waals surface area contributed by atoms with E-state index in [0.29, 0.717) is 41.1 Å². The van der Waals surface area contributed by atoms with Gasteiger partial charge < -0.3 is 14.1 Å². The maximum atomic E-state index is 13.0. The van der Waals surface area contributed by atoms with Gasteiger partial charge in [-0.15, -0.1) is 0 Å². The topological polar surface area (TPSA) is 73.9 Å². The summed E-state index contributed by atoms with van der Waals surface area (Å²) >= 11 is 0. The van der Waals surface area contributed by atoms with Crippen LogP contribution in [-0.2, 0) is 0 Å². The maximum Gasteiger partial charge on any atom is 0.276 e. The normalized spacial score (nSPS) is 11.1. The highest BCUT2D eigenvalue weighted by molar-refractivity contribution is 6.05. The first-order valence-corrected chi connectivity index (χ1v) is 10.1. The minimum atomic E-state index is -0.375. The first-order valence-electron chi connectivity index (χ1n) is 10.1. The second-order valence-corrected chi connectivity index (χ2v) is 7.01. The predicted molar refractivity (Wildman–Crippen MR) is 118 cm³/mol. The van der Waals surface area contributed by atoms with Crippen LogP contribution in [0.25, 0.3) is 22.3 Å². The molecule has 1 aromatic heterocycles. The molecule has 0 atom stereocenters. The molecule has 6 heteroatoms. The Morgan fingerprint density at radius 3 is 2.43 bits per heavy atom. The van der Waals surface area contributed by atoms with Crippen molar-refractivity contribution < 1.29 is 13.9 Å². The number of ether oxygens (including phenoxy) is 1. The van der Waals surface area contributed by atoms with Gasteiger partial charge in [0, 0.05) is 17.7 Å². The summed E-state index contributed by atoms with van der Waals surface area (Å²) < 4.78 is 11.3. The first-order chi connectivity index (χ1) is 14.5. The molecule has 30 heavy (non-hydrogen) atoms. The van der Waals surface area contributed by atoms with E-state index in [1.807, 2.05) is 12.1 Å². The van der Waals surface area contributed by atoms with Crippen LogP contribution in [0.4, 0.5) is 0 Å². The molecule has 0 unspecified atom stereocenters. The molecule has 3 rings (SSSR count). The van der Waals surface area contributed by atoms with Gasteiger partial charge in [-0.2, -0.15) is 0 Å². The van der Waals surface area contributed by atoms with Crippen molar-refractivity contribution in [1.82, 2.24) is 10.2 Å². The zero-order valence-corrected chi connectivity index (χ0v) is 17.9. The van der Waals surface area contributed by atoms with Crippen LogP contribution in [-0.4, -0.2) is 44.1 Å². The van der Waals surface area contributed by atoms with Crippen LogP contribution in [0.2, 0.25) is 0 Å². The average Bonchev–Trinajstić information content (AvgIpc) is 2.78. The van der Waals surface area contributed by atoms with Crippen LogP contribution < -0.4 is 15.5 Å². The number of methoxy groups -OCH3 is 1. The molecule has 0 bridgehead atoms. The van der Waals surface area contributed by atoms with Crippen molar-refractivity contribution >= 4 is 16.9 Å². The fraction of sp³-hybridized carbons (Fsp3) is 0.333. The number of carbonyl (C=O) groups excluding carboxylic acids is 1. The SMILES string of the molecule is CCN(CC)CC[N]C(=O)c1cccc2c(=O)c(C)c(-c3ccc(OC)cc3)oc12. The summed E-state index contributed by atoms with van der Waals surface area (Å²) in [5.41, 5.74) is 1.66. The molecule has 0 aliphatic heterocycles. The van der Waals surface area contributed by atoms with Gasteiger partial charge >= 0.3 is 0 Å². The molecule has 0 saturated carbocycles. The number of para-hydroxylation sites is 1. The number of likely N-dealkylation sites (N-methyl/N-ethyl adjacent to an activating group) is 1. The first kappa shape index (κ1) is 21.6. The van der Waals surface area contributed by atoms with E-state index in [9.17, 15) is 9.59 Å². The Balaban J connectivity index is 1.99. The summed E-state index contributed by atoms with van der Waals surface area (Å²) in [5.74, 6) is 0.779. The highest BCUT2D eigenvalue weighted by Crippen LogP contribution is 2.28. The Morgan fingerprint density at radius 2 is 1.80 bits per heavy atom. The molecular weight excluding hydrogens is 380 g/mol. The highest BCUT2D eigenvalue weighted by Gasteiger charge is 2.19. The van der Waals surface area contributed by atoms with Gasteiger partial charge in [0.25, 0.3) is 5.91 Å². The van der Waals surface area contributed by atoms with Gasteiger partial charge in [0.05, 0.1) is 24.6 Å². The Hall–Kier alpha value is -3.12. The number of hydrogen-bond donors (Lipinski definition) is 0. The van der Waals surface area contributed by atoms with Gasteiger partial charge in [0.1, 0.15) is 11.5 Å². The predicted octanol–water partition coefficient (Wildman–Crippen LogP) is 3.86. The Labute approximate surface area is 176 Å². The molecule has 157 valence electrons. The lowest BCUT2D eigenvalue weighted by Gasteiger charge is -2.17. The molecule has 0 fully saturated rings. The number of benzene rings is 2. The zero-order chi connectivity index (χ0) is 21.7. The molecule has 0 spiro atoms. The highest BCUT2D eigenvalue weighted by atomic mass is 16.5. The summed E-state index contributed by atoms with van der Waals surface area (Å²) in [6, 6.07) is 12.3. The molecular formula is C24H27N2O4. The van der Waals surface area contributed by atoms with Crippen molar-refractivity contribution in [3.05, 3.63) is 63.8 Å². The van der Waals surface area contributed by atoms with E-state index >= 15 is 0 Å². The van der Waals surface area contributed by atoms with Crippen molar-refractivity contribution in [1.29, 1.82) is 0 Å². The molecule has 1 amide bonds. The summed E-state index contributed by atoms with van der Waals surface area (Å²) in [7, 11) is 1.60. The largest absolute Gasteiger partial charge is 0.497 e. The van der Waals surface area contributed by atoms with Crippen molar-refractivity contribution in [2.75, 3.05) is 33.3 Å². The second-order valence-electron chi connectivity index (χ2n) is 7.01. The fourth-order valence-electron chi connectivity index (χ4n) is 3.41. The van der Waals surface area contributed by atoms with Crippen LogP contribution in [0.15, 0.2) is 51.7 Å². The molecule has 1 radical (unpaired) electrons. The average molecular weight is 407 g/mol. The van der Waals surface area contributed by atoms with Gasteiger partial charge in [-0.3, -0.25) is 9.59 Å². The van der Waals surface area contributed by atoms with Gasteiger partial charge in [-0.1, -0.05) is 19.9 Å². The second kappa shape index (κ2) is 9.59. The minimum Gasteiger partial charge on any atom is -0.497 e. The number of hydrogen-bond acceptors (Lipinski definition) is 5. The molecule has 0 N–H and O–H groups in total. The third-order valence-electron chi connectivity index (χ3n) is 5.29. The Kier molecular flexibility index (Phi) is 6.90. The number of nitrogens with zero attached hydrogens (tertiary/aromatic N) is 2. The summed E-state index contributed by atoms with van der Waals surface area (Å²) in [5, 5.41) is 4.58. The quantitative estimate of drug-likeness (QED) is 0.567. The van der Waals surface area contributed by atoms with Crippen LogP contribution in [0, 0.1) is 6.92 Å². The third kappa shape index (κ3) is 4.39. The van der Waals surface area contributed by atoms with Crippen molar-refractivity contribution in [2.45, 2.75) is 20.8 Å².